The van der Waals surface area contributed by atoms with Gasteiger partial charge in [0.15, 0.2) is 0 Å². The zero-order valence-electron chi connectivity index (χ0n) is 23.2. The molecule has 3 N–H and O–H groups in total. The first kappa shape index (κ1) is 30.5. The van der Waals surface area contributed by atoms with E-state index in [2.05, 4.69) is 10.2 Å². The molecule has 2 aromatic rings. The summed E-state index contributed by atoms with van der Waals surface area (Å²) in [4.78, 5) is 32.5. The van der Waals surface area contributed by atoms with Crippen LogP contribution in [0, 0.1) is 6.57 Å². The predicted octanol–water partition coefficient (Wildman–Crippen LogP) is 3.39. The van der Waals surface area contributed by atoms with Gasteiger partial charge in [0, 0.05) is 30.4 Å². The van der Waals surface area contributed by atoms with E-state index in [9.17, 15) is 28.4 Å². The number of fused-ring (bicyclic) bond motifs is 1. The number of hydrogen-bond donors (Lipinski definition) is 3. The summed E-state index contributed by atoms with van der Waals surface area (Å²) >= 11 is 0. The van der Waals surface area contributed by atoms with Gasteiger partial charge >= 0.3 is 13.2 Å². The number of nitrogens with one attached hydrogen (secondary N) is 1. The maximum Gasteiger partial charge on any atom is 0.475 e. The van der Waals surface area contributed by atoms with Crippen LogP contribution < -0.4 is 5.32 Å². The van der Waals surface area contributed by atoms with Gasteiger partial charge in [0.2, 0.25) is 5.70 Å². The summed E-state index contributed by atoms with van der Waals surface area (Å²) in [5, 5.41) is 23.0. The van der Waals surface area contributed by atoms with Crippen LogP contribution in [-0.2, 0) is 16.0 Å². The minimum atomic E-state index is -2.80. The average Bonchev–Trinajstić information content (AvgIpc) is 3.53. The average molecular weight is 572 g/mol. The molecule has 2 atom stereocenters. The fourth-order valence-corrected chi connectivity index (χ4v) is 5.41. The second kappa shape index (κ2) is 12.6. The Hall–Kier alpha value is -3.47. The van der Waals surface area contributed by atoms with Crippen molar-refractivity contribution in [1.82, 2.24) is 15.1 Å². The molecule has 0 radical (unpaired) electrons. The SMILES string of the molecule is [C-]#[N+]C(=CC(C)(C)N1CCC(F)(F)C1)C(=O)N1CCCC[C@@H]1COC(=O)N[C@@H](Cc1coc2ccccc12)B(O)O. The largest absolute Gasteiger partial charge is 0.475 e. The molecule has 2 aliphatic rings. The molecule has 0 saturated carbocycles. The lowest BCUT2D eigenvalue weighted by Crippen LogP contribution is -2.50. The second-order valence-electron chi connectivity index (χ2n) is 11.2. The molecular weight excluding hydrogens is 537 g/mol. The zero-order valence-corrected chi connectivity index (χ0v) is 23.2. The van der Waals surface area contributed by atoms with Gasteiger partial charge in [-0.05, 0) is 51.2 Å². The van der Waals surface area contributed by atoms with Crippen LogP contribution in [0.15, 0.2) is 46.7 Å². The summed E-state index contributed by atoms with van der Waals surface area (Å²) in [6.07, 6.45) is 3.90. The number of piperidine rings is 1. The highest BCUT2D eigenvalue weighted by molar-refractivity contribution is 6.43. The minimum Gasteiger partial charge on any atom is -0.464 e. The summed E-state index contributed by atoms with van der Waals surface area (Å²) in [5.41, 5.74) is 0.213. The fraction of sp³-hybridized carbons (Fsp3) is 0.536. The first-order valence-electron chi connectivity index (χ1n) is 13.7. The molecular formula is C28H35BF2N4O6. The van der Waals surface area contributed by atoms with Crippen molar-refractivity contribution in [2.45, 2.75) is 69.4 Å². The number of carbonyl (C=O) groups excluding carboxylic acids is 2. The zero-order chi connectivity index (χ0) is 29.8. The second-order valence-corrected chi connectivity index (χ2v) is 11.2. The molecule has 4 rings (SSSR count). The van der Waals surface area contributed by atoms with Gasteiger partial charge in [-0.15, -0.1) is 0 Å². The molecule has 0 bridgehead atoms. The predicted molar refractivity (Wildman–Crippen MR) is 148 cm³/mol. The van der Waals surface area contributed by atoms with Crippen LogP contribution in [-0.4, -0.2) is 88.7 Å². The Bertz CT molecular complexity index is 1320. The third-order valence-corrected chi connectivity index (χ3v) is 7.77. The molecule has 13 heteroatoms. The smallest absolute Gasteiger partial charge is 0.464 e. The highest BCUT2D eigenvalue weighted by atomic mass is 19.3. The van der Waals surface area contributed by atoms with E-state index in [1.54, 1.807) is 24.8 Å². The summed E-state index contributed by atoms with van der Waals surface area (Å²) in [6, 6.07) is 6.75. The number of ether oxygens (including phenoxy) is 1. The van der Waals surface area contributed by atoms with Crippen LogP contribution in [0.5, 0.6) is 0 Å². The van der Waals surface area contributed by atoms with Crippen LogP contribution >= 0.6 is 0 Å². The number of likely N-dealkylation sites (tertiary alicyclic amines) is 2. The van der Waals surface area contributed by atoms with Crippen molar-refractivity contribution in [2.24, 2.45) is 0 Å². The number of benzene rings is 1. The number of carbonyl (C=O) groups is 2. The molecule has 2 aliphatic heterocycles. The molecule has 41 heavy (non-hydrogen) atoms. The van der Waals surface area contributed by atoms with E-state index in [4.69, 9.17) is 15.7 Å². The molecule has 1 aromatic heterocycles. The Morgan fingerprint density at radius 1 is 1.32 bits per heavy atom. The van der Waals surface area contributed by atoms with Crippen molar-refractivity contribution >= 4 is 30.1 Å². The van der Waals surface area contributed by atoms with E-state index in [1.165, 1.54) is 17.2 Å². The molecule has 2 fully saturated rings. The standard InChI is InChI=1S/C28H35BF2N4O6/c1-27(2,34-13-11-28(30,31)18-34)15-22(32-3)25(36)35-12-7-6-8-20(35)17-41-26(37)33-24(29(38)39)14-19-16-40-23-10-5-4-9-21(19)23/h4-5,9-10,15-16,20,24,38-39H,6-8,11-14,17-18H2,1-2H3,(H,33,37)/t20-,24+/m1/s1. The third kappa shape index (κ3) is 7.44. The van der Waals surface area contributed by atoms with Gasteiger partial charge < -0.3 is 29.4 Å². The molecule has 220 valence electrons. The van der Waals surface area contributed by atoms with E-state index in [0.717, 1.165) is 11.8 Å². The maximum atomic E-state index is 13.8. The molecule has 2 saturated heterocycles. The number of para-hydroxylation sites is 1. The number of nitrogens with zero attached hydrogens (tertiary/aromatic N) is 3. The van der Waals surface area contributed by atoms with Crippen molar-refractivity contribution in [3.05, 3.63) is 59.3 Å². The van der Waals surface area contributed by atoms with Gasteiger partial charge in [-0.2, -0.15) is 0 Å². The van der Waals surface area contributed by atoms with Crippen molar-refractivity contribution in [3.8, 4) is 0 Å². The maximum absolute atomic E-state index is 13.8. The third-order valence-electron chi connectivity index (χ3n) is 7.77. The van der Waals surface area contributed by atoms with Gasteiger partial charge in [0.05, 0.1) is 31.4 Å². The summed E-state index contributed by atoms with van der Waals surface area (Å²) in [7, 11) is -1.87. The van der Waals surface area contributed by atoms with Gasteiger partial charge in [-0.3, -0.25) is 9.69 Å². The van der Waals surface area contributed by atoms with E-state index in [-0.39, 0.29) is 31.7 Å². The number of furan rings is 1. The van der Waals surface area contributed by atoms with Gasteiger partial charge in [0.1, 0.15) is 12.2 Å². The van der Waals surface area contributed by atoms with Crippen molar-refractivity contribution in [1.29, 1.82) is 0 Å². The number of halogens is 2. The van der Waals surface area contributed by atoms with Gasteiger partial charge in [0.25, 0.3) is 11.8 Å². The lowest BCUT2D eigenvalue weighted by atomic mass is 9.76. The number of rotatable bonds is 9. The first-order valence-corrected chi connectivity index (χ1v) is 13.7. The van der Waals surface area contributed by atoms with Gasteiger partial charge in [-0.1, -0.05) is 24.3 Å². The van der Waals surface area contributed by atoms with Crippen LogP contribution in [0.25, 0.3) is 15.8 Å². The fourth-order valence-electron chi connectivity index (χ4n) is 5.41. The Kier molecular flexibility index (Phi) is 9.36. The van der Waals surface area contributed by atoms with Crippen LogP contribution in [0.3, 0.4) is 0 Å². The van der Waals surface area contributed by atoms with E-state index in [1.807, 2.05) is 18.2 Å². The van der Waals surface area contributed by atoms with Gasteiger partial charge in [-0.25, -0.2) is 18.4 Å². The Labute approximate surface area is 237 Å². The normalized spacial score (nSPS) is 20.5. The van der Waals surface area contributed by atoms with Crippen molar-refractivity contribution in [2.75, 3.05) is 26.2 Å². The molecule has 2 amide bonds. The highest BCUT2D eigenvalue weighted by Crippen LogP contribution is 2.33. The van der Waals surface area contributed by atoms with Crippen LogP contribution in [0.1, 0.15) is 45.1 Å². The Balaban J connectivity index is 1.38. The monoisotopic (exact) mass is 572 g/mol. The first-order chi connectivity index (χ1) is 19.4. The molecule has 0 unspecified atom stereocenters. The van der Waals surface area contributed by atoms with E-state index >= 15 is 0 Å². The lowest BCUT2D eigenvalue weighted by Gasteiger charge is -2.37. The quantitative estimate of drug-likeness (QED) is 0.240. The van der Waals surface area contributed by atoms with Crippen LogP contribution in [0.2, 0.25) is 0 Å². The Morgan fingerprint density at radius 2 is 2.07 bits per heavy atom. The lowest BCUT2D eigenvalue weighted by molar-refractivity contribution is -0.131. The number of alkyl carbamates (subject to hydrolysis) is 1. The summed E-state index contributed by atoms with van der Waals surface area (Å²) in [6.45, 7) is 10.9. The molecule has 1 aromatic carbocycles. The molecule has 0 aliphatic carbocycles. The van der Waals surface area contributed by atoms with Crippen LogP contribution in [0.4, 0.5) is 13.6 Å². The minimum absolute atomic E-state index is 0.0791. The number of amides is 2. The van der Waals surface area contributed by atoms with E-state index < -0.39 is 49.1 Å². The summed E-state index contributed by atoms with van der Waals surface area (Å²) < 4.78 is 38.5. The number of hydrogen-bond acceptors (Lipinski definition) is 7. The Morgan fingerprint density at radius 3 is 2.76 bits per heavy atom. The molecule has 10 nitrogen and oxygen atoms in total. The summed E-state index contributed by atoms with van der Waals surface area (Å²) in [5.74, 6) is -4.42. The van der Waals surface area contributed by atoms with Crippen molar-refractivity contribution < 1.29 is 37.6 Å². The molecule has 3 heterocycles. The number of alkyl halides is 2. The van der Waals surface area contributed by atoms with Crippen molar-refractivity contribution in [3.63, 3.8) is 0 Å². The topological polar surface area (TPSA) is 120 Å². The molecule has 0 spiro atoms. The highest BCUT2D eigenvalue weighted by Gasteiger charge is 2.43. The van der Waals surface area contributed by atoms with E-state index in [0.29, 0.717) is 30.5 Å².